The fraction of sp³-hybridized carbons (Fsp3) is 0.308. The average Bonchev–Trinajstić information content (AvgIpc) is 2.76. The van der Waals surface area contributed by atoms with Crippen LogP contribution in [-0.2, 0) is 16.6 Å². The second kappa shape index (κ2) is 5.74. The van der Waals surface area contributed by atoms with Gasteiger partial charge in [0.05, 0.1) is 19.3 Å². The number of benzene rings is 1. The van der Waals surface area contributed by atoms with Crippen molar-refractivity contribution in [2.45, 2.75) is 25.3 Å². The molecule has 1 aromatic carbocycles. The van der Waals surface area contributed by atoms with Crippen LogP contribution >= 0.6 is 0 Å². The number of nitrogen functional groups attached to an aromatic ring is 1. The summed E-state index contributed by atoms with van der Waals surface area (Å²) in [4.78, 5) is 4.09. The molecule has 8 heteroatoms. The number of rotatable bonds is 5. The fourth-order valence-corrected chi connectivity index (χ4v) is 2.93. The summed E-state index contributed by atoms with van der Waals surface area (Å²) in [5.41, 5.74) is 6.69. The summed E-state index contributed by atoms with van der Waals surface area (Å²) >= 11 is 0. The van der Waals surface area contributed by atoms with Crippen LogP contribution in [0.4, 0.5) is 5.69 Å². The zero-order valence-corrected chi connectivity index (χ0v) is 12.8. The molecule has 3 N–H and O–H groups in total. The van der Waals surface area contributed by atoms with Crippen molar-refractivity contribution in [2.75, 3.05) is 12.8 Å². The highest BCUT2D eigenvalue weighted by molar-refractivity contribution is 7.89. The lowest BCUT2D eigenvalue weighted by Gasteiger charge is -2.10. The Labute approximate surface area is 123 Å². The summed E-state index contributed by atoms with van der Waals surface area (Å²) in [5, 5.41) is 0. The molecule has 0 radical (unpaired) electrons. The minimum atomic E-state index is -3.78. The van der Waals surface area contributed by atoms with Crippen molar-refractivity contribution in [3.8, 4) is 5.75 Å². The summed E-state index contributed by atoms with van der Waals surface area (Å²) in [5.74, 6) is 1.18. The lowest BCUT2D eigenvalue weighted by Crippen LogP contribution is -2.24. The molecule has 2 aromatic rings. The molecule has 0 aliphatic rings. The summed E-state index contributed by atoms with van der Waals surface area (Å²) < 4.78 is 37.4. The molecule has 1 heterocycles. The molecule has 0 spiro atoms. The fourth-order valence-electron chi connectivity index (χ4n) is 1.75. The third-order valence-corrected chi connectivity index (χ3v) is 4.39. The van der Waals surface area contributed by atoms with Gasteiger partial charge in [0.25, 0.3) is 0 Å². The molecule has 7 nitrogen and oxygen atoms in total. The lowest BCUT2D eigenvalue weighted by atomic mass is 10.3. The number of nitrogens with one attached hydrogen (secondary N) is 1. The number of anilines is 1. The van der Waals surface area contributed by atoms with Gasteiger partial charge in [-0.15, -0.1) is 0 Å². The number of aryl methyl sites for hydroxylation is 2. The Morgan fingerprint density at radius 1 is 1.38 bits per heavy atom. The Bertz CT molecular complexity index is 733. The number of hydrogen-bond acceptors (Lipinski definition) is 6. The van der Waals surface area contributed by atoms with E-state index in [1.54, 1.807) is 19.9 Å². The first kappa shape index (κ1) is 15.3. The number of hydrogen-bond donors (Lipinski definition) is 2. The number of oxazole rings is 1. The topological polar surface area (TPSA) is 107 Å². The lowest BCUT2D eigenvalue weighted by molar-refractivity contribution is 0.402. The summed E-state index contributed by atoms with van der Waals surface area (Å²) in [6, 6.07) is 4.41. The standard InChI is InChI=1S/C13H17N3O4S/c1-8-9(2)20-13(16-8)7-15-21(17,18)12-6-10(14)4-5-11(12)19-3/h4-6,15H,7,14H2,1-3H3. The molecule has 1 aromatic heterocycles. The molecule has 21 heavy (non-hydrogen) atoms. The van der Waals surface area contributed by atoms with E-state index < -0.39 is 10.0 Å². The largest absolute Gasteiger partial charge is 0.495 e. The van der Waals surface area contributed by atoms with Crippen LogP contribution in [0.15, 0.2) is 27.5 Å². The third kappa shape index (κ3) is 3.34. The van der Waals surface area contributed by atoms with Gasteiger partial charge in [-0.2, -0.15) is 0 Å². The summed E-state index contributed by atoms with van der Waals surface area (Å²) in [6.07, 6.45) is 0. The average molecular weight is 311 g/mol. The molecule has 0 saturated carbocycles. The Morgan fingerprint density at radius 2 is 2.10 bits per heavy atom. The van der Waals surface area contributed by atoms with Crippen LogP contribution in [0, 0.1) is 13.8 Å². The van der Waals surface area contributed by atoms with Gasteiger partial charge in [0.15, 0.2) is 0 Å². The molecule has 0 aliphatic carbocycles. The predicted octanol–water partition coefficient (Wildman–Crippen LogP) is 1.36. The van der Waals surface area contributed by atoms with E-state index in [9.17, 15) is 8.42 Å². The highest BCUT2D eigenvalue weighted by atomic mass is 32.2. The van der Waals surface area contributed by atoms with Gasteiger partial charge in [-0.05, 0) is 32.0 Å². The number of nitrogens with two attached hydrogens (primary N) is 1. The number of ether oxygens (including phenoxy) is 1. The van der Waals surface area contributed by atoms with Crippen molar-refractivity contribution in [3.63, 3.8) is 0 Å². The van der Waals surface area contributed by atoms with E-state index in [-0.39, 0.29) is 17.2 Å². The SMILES string of the molecule is COc1ccc(N)cc1S(=O)(=O)NCc1nc(C)c(C)o1. The van der Waals surface area contributed by atoms with Crippen molar-refractivity contribution >= 4 is 15.7 Å². The first-order valence-electron chi connectivity index (χ1n) is 6.19. The Kier molecular flexibility index (Phi) is 4.19. The first-order valence-corrected chi connectivity index (χ1v) is 7.68. The van der Waals surface area contributed by atoms with Crippen molar-refractivity contribution in [3.05, 3.63) is 35.5 Å². The van der Waals surface area contributed by atoms with E-state index in [0.717, 1.165) is 5.69 Å². The molecule has 2 rings (SSSR count). The molecule has 0 bridgehead atoms. The van der Waals surface area contributed by atoms with Crippen molar-refractivity contribution in [2.24, 2.45) is 0 Å². The molecule has 0 unspecified atom stereocenters. The molecule has 0 fully saturated rings. The van der Waals surface area contributed by atoms with Gasteiger partial charge in [-0.1, -0.05) is 0 Å². The van der Waals surface area contributed by atoms with E-state index in [4.69, 9.17) is 14.9 Å². The van der Waals surface area contributed by atoms with Crippen LogP contribution in [0.5, 0.6) is 5.75 Å². The van der Waals surface area contributed by atoms with E-state index in [1.165, 1.54) is 19.2 Å². The van der Waals surface area contributed by atoms with E-state index in [0.29, 0.717) is 17.3 Å². The second-order valence-corrected chi connectivity index (χ2v) is 6.22. The second-order valence-electron chi connectivity index (χ2n) is 4.48. The number of nitrogens with zero attached hydrogens (tertiary/aromatic N) is 1. The smallest absolute Gasteiger partial charge is 0.244 e. The highest BCUT2D eigenvalue weighted by Gasteiger charge is 2.20. The van der Waals surface area contributed by atoms with Gasteiger partial charge >= 0.3 is 0 Å². The molecular formula is C13H17N3O4S. The van der Waals surface area contributed by atoms with Crippen molar-refractivity contribution < 1.29 is 17.6 Å². The molecular weight excluding hydrogens is 294 g/mol. The van der Waals surface area contributed by atoms with Gasteiger partial charge in [0.2, 0.25) is 15.9 Å². The maximum Gasteiger partial charge on any atom is 0.244 e. The normalized spacial score (nSPS) is 11.6. The maximum atomic E-state index is 12.3. The Morgan fingerprint density at radius 3 is 2.67 bits per heavy atom. The van der Waals surface area contributed by atoms with E-state index in [2.05, 4.69) is 9.71 Å². The molecule has 114 valence electrons. The van der Waals surface area contributed by atoms with Gasteiger partial charge in [-0.3, -0.25) is 0 Å². The van der Waals surface area contributed by atoms with Gasteiger partial charge in [-0.25, -0.2) is 18.1 Å². The Balaban J connectivity index is 2.24. The zero-order valence-electron chi connectivity index (χ0n) is 12.0. The van der Waals surface area contributed by atoms with Crippen LogP contribution in [0.1, 0.15) is 17.3 Å². The number of sulfonamides is 1. The first-order chi connectivity index (χ1) is 9.83. The molecule has 0 amide bonds. The third-order valence-electron chi connectivity index (χ3n) is 2.96. The van der Waals surface area contributed by atoms with Crippen molar-refractivity contribution in [1.82, 2.24) is 9.71 Å². The molecule has 0 atom stereocenters. The quantitative estimate of drug-likeness (QED) is 0.807. The van der Waals surface area contributed by atoms with Gasteiger partial charge < -0.3 is 14.9 Å². The molecule has 0 saturated heterocycles. The minimum absolute atomic E-state index is 0.0231. The van der Waals surface area contributed by atoms with Crippen LogP contribution in [0.2, 0.25) is 0 Å². The van der Waals surface area contributed by atoms with Crippen LogP contribution in [0.25, 0.3) is 0 Å². The monoisotopic (exact) mass is 311 g/mol. The maximum absolute atomic E-state index is 12.3. The number of aromatic nitrogens is 1. The molecule has 0 aliphatic heterocycles. The Hall–Kier alpha value is -2.06. The van der Waals surface area contributed by atoms with E-state index >= 15 is 0 Å². The summed E-state index contributed by atoms with van der Waals surface area (Å²) in [7, 11) is -2.39. The van der Waals surface area contributed by atoms with Gasteiger partial charge in [0, 0.05) is 5.69 Å². The number of methoxy groups -OCH3 is 1. The minimum Gasteiger partial charge on any atom is -0.495 e. The zero-order chi connectivity index (χ0) is 15.6. The van der Waals surface area contributed by atoms with Crippen LogP contribution in [0.3, 0.4) is 0 Å². The highest BCUT2D eigenvalue weighted by Crippen LogP contribution is 2.25. The van der Waals surface area contributed by atoms with Crippen LogP contribution < -0.4 is 15.2 Å². The van der Waals surface area contributed by atoms with Gasteiger partial charge in [0.1, 0.15) is 16.4 Å². The van der Waals surface area contributed by atoms with E-state index in [1.807, 2.05) is 0 Å². The van der Waals surface area contributed by atoms with Crippen molar-refractivity contribution in [1.29, 1.82) is 0 Å². The summed E-state index contributed by atoms with van der Waals surface area (Å²) in [6.45, 7) is 3.51. The predicted molar refractivity (Wildman–Crippen MR) is 77.4 cm³/mol. The van der Waals surface area contributed by atoms with Crippen LogP contribution in [-0.4, -0.2) is 20.5 Å².